The molecule has 0 saturated heterocycles. The Morgan fingerprint density at radius 2 is 1.95 bits per heavy atom. The lowest BCUT2D eigenvalue weighted by molar-refractivity contribution is 0.475. The zero-order chi connectivity index (χ0) is 16.0. The van der Waals surface area contributed by atoms with Crippen LogP contribution in [0.4, 0.5) is 0 Å². The van der Waals surface area contributed by atoms with E-state index < -0.39 is 10.0 Å². The molecular weight excluding hydrogens is 308 g/mol. The molecule has 0 amide bonds. The highest BCUT2D eigenvalue weighted by atomic mass is 32.2. The Hall–Kier alpha value is -0.500. The van der Waals surface area contributed by atoms with E-state index in [1.165, 1.54) is 4.31 Å². The van der Waals surface area contributed by atoms with Crippen LogP contribution >= 0.6 is 11.8 Å². The number of nitrogens with zero attached hydrogens (tertiary/aromatic N) is 1. The Labute approximate surface area is 132 Å². The fourth-order valence-electron chi connectivity index (χ4n) is 2.14. The van der Waals surface area contributed by atoms with Gasteiger partial charge in [-0.05, 0) is 33.1 Å². The standard InChI is InChI=1S/C14H26N2O3S2/c1-6-7-15-10-13-11(2)19-12(3)14(13)21(17,18)16(4)8-9-20-5/h15H,6-10H2,1-5H3. The molecule has 1 heterocycles. The SMILES string of the molecule is CCCNCc1c(C)oc(C)c1S(=O)(=O)N(C)CCSC. The second-order valence-electron chi connectivity index (χ2n) is 5.02. The van der Waals surface area contributed by atoms with Crippen molar-refractivity contribution in [3.05, 3.63) is 17.1 Å². The molecule has 0 aliphatic rings. The highest BCUT2D eigenvalue weighted by Crippen LogP contribution is 2.28. The van der Waals surface area contributed by atoms with Crippen molar-refractivity contribution in [1.82, 2.24) is 9.62 Å². The van der Waals surface area contributed by atoms with Gasteiger partial charge < -0.3 is 9.73 Å². The molecule has 1 aromatic rings. The van der Waals surface area contributed by atoms with Crippen LogP contribution in [0, 0.1) is 13.8 Å². The van der Waals surface area contributed by atoms with Crippen molar-refractivity contribution in [2.75, 3.05) is 32.1 Å². The number of sulfonamides is 1. The second kappa shape index (κ2) is 8.22. The van der Waals surface area contributed by atoms with Crippen molar-refractivity contribution in [3.8, 4) is 0 Å². The fraction of sp³-hybridized carbons (Fsp3) is 0.714. The number of thioether (sulfide) groups is 1. The number of nitrogens with one attached hydrogen (secondary N) is 1. The van der Waals surface area contributed by atoms with Crippen LogP contribution in [0.15, 0.2) is 9.31 Å². The molecule has 122 valence electrons. The summed E-state index contributed by atoms with van der Waals surface area (Å²) in [5.41, 5.74) is 0.747. The maximum Gasteiger partial charge on any atom is 0.246 e. The Bertz CT molecular complexity index is 553. The third kappa shape index (κ3) is 4.48. The van der Waals surface area contributed by atoms with Gasteiger partial charge in [-0.1, -0.05) is 6.92 Å². The number of furan rings is 1. The summed E-state index contributed by atoms with van der Waals surface area (Å²) in [6.07, 6.45) is 2.97. The Morgan fingerprint density at radius 1 is 1.29 bits per heavy atom. The number of hydrogen-bond acceptors (Lipinski definition) is 5. The van der Waals surface area contributed by atoms with E-state index in [4.69, 9.17) is 4.42 Å². The van der Waals surface area contributed by atoms with Gasteiger partial charge in [-0.3, -0.25) is 0 Å². The van der Waals surface area contributed by atoms with Gasteiger partial charge in [-0.25, -0.2) is 8.42 Å². The van der Waals surface area contributed by atoms with E-state index >= 15 is 0 Å². The predicted molar refractivity (Wildman–Crippen MR) is 88.4 cm³/mol. The van der Waals surface area contributed by atoms with Crippen LogP contribution in [0.2, 0.25) is 0 Å². The minimum absolute atomic E-state index is 0.326. The molecule has 0 bridgehead atoms. The van der Waals surface area contributed by atoms with Crippen LogP contribution in [0.25, 0.3) is 0 Å². The first-order valence-corrected chi connectivity index (χ1v) is 9.94. The molecule has 0 unspecified atom stereocenters. The molecule has 0 spiro atoms. The molecule has 0 radical (unpaired) electrons. The van der Waals surface area contributed by atoms with Gasteiger partial charge >= 0.3 is 0 Å². The Morgan fingerprint density at radius 3 is 2.52 bits per heavy atom. The van der Waals surface area contributed by atoms with E-state index in [0.717, 1.165) is 24.3 Å². The van der Waals surface area contributed by atoms with Gasteiger partial charge in [0.1, 0.15) is 16.4 Å². The molecule has 0 aliphatic heterocycles. The summed E-state index contributed by atoms with van der Waals surface area (Å²) < 4.78 is 32.5. The smallest absolute Gasteiger partial charge is 0.246 e. The number of aryl methyl sites for hydroxylation is 2. The molecule has 0 aromatic carbocycles. The third-order valence-electron chi connectivity index (χ3n) is 3.33. The molecule has 1 N–H and O–H groups in total. The van der Waals surface area contributed by atoms with Gasteiger partial charge in [-0.2, -0.15) is 16.1 Å². The summed E-state index contributed by atoms with van der Waals surface area (Å²) >= 11 is 1.63. The van der Waals surface area contributed by atoms with E-state index in [-0.39, 0.29) is 0 Å². The van der Waals surface area contributed by atoms with Crippen LogP contribution in [-0.2, 0) is 16.6 Å². The lowest BCUT2D eigenvalue weighted by atomic mass is 10.2. The van der Waals surface area contributed by atoms with E-state index in [9.17, 15) is 8.42 Å². The van der Waals surface area contributed by atoms with Crippen LogP contribution < -0.4 is 5.32 Å². The first-order chi connectivity index (χ1) is 9.86. The molecule has 0 aliphatic carbocycles. The van der Waals surface area contributed by atoms with Crippen molar-refractivity contribution in [2.45, 2.75) is 38.6 Å². The van der Waals surface area contributed by atoms with E-state index in [1.807, 2.05) is 13.2 Å². The molecule has 0 fully saturated rings. The van der Waals surface area contributed by atoms with Crippen LogP contribution in [-0.4, -0.2) is 44.9 Å². The van der Waals surface area contributed by atoms with Crippen molar-refractivity contribution in [2.24, 2.45) is 0 Å². The normalized spacial score (nSPS) is 12.3. The molecule has 5 nitrogen and oxygen atoms in total. The van der Waals surface area contributed by atoms with E-state index in [2.05, 4.69) is 12.2 Å². The largest absolute Gasteiger partial charge is 0.465 e. The monoisotopic (exact) mass is 334 g/mol. The fourth-order valence-corrected chi connectivity index (χ4v) is 4.29. The quantitative estimate of drug-likeness (QED) is 0.703. The molecule has 21 heavy (non-hydrogen) atoms. The van der Waals surface area contributed by atoms with Gasteiger partial charge in [0.15, 0.2) is 0 Å². The topological polar surface area (TPSA) is 62.6 Å². The average molecular weight is 335 g/mol. The maximum atomic E-state index is 12.8. The molecule has 1 rings (SSSR count). The van der Waals surface area contributed by atoms with Crippen LogP contribution in [0.1, 0.15) is 30.4 Å². The molecule has 0 saturated carbocycles. The third-order valence-corrected chi connectivity index (χ3v) is 5.98. The summed E-state index contributed by atoms with van der Waals surface area (Å²) in [5, 5.41) is 3.25. The van der Waals surface area contributed by atoms with Crippen molar-refractivity contribution in [1.29, 1.82) is 0 Å². The minimum atomic E-state index is -3.50. The average Bonchev–Trinajstić information content (AvgIpc) is 2.71. The Balaban J connectivity index is 3.10. The summed E-state index contributed by atoms with van der Waals surface area (Å²) in [5.74, 6) is 1.92. The summed E-state index contributed by atoms with van der Waals surface area (Å²) in [7, 11) is -1.88. The zero-order valence-electron chi connectivity index (χ0n) is 13.5. The summed E-state index contributed by atoms with van der Waals surface area (Å²) in [6.45, 7) is 7.47. The highest BCUT2D eigenvalue weighted by molar-refractivity contribution is 7.98. The molecule has 1 aromatic heterocycles. The Kier molecular flexibility index (Phi) is 7.26. The predicted octanol–water partition coefficient (Wildman–Crippen LogP) is 2.38. The lowest BCUT2D eigenvalue weighted by Gasteiger charge is -2.17. The van der Waals surface area contributed by atoms with Crippen LogP contribution in [0.5, 0.6) is 0 Å². The van der Waals surface area contributed by atoms with Gasteiger partial charge in [0.05, 0.1) is 0 Å². The number of hydrogen-bond donors (Lipinski definition) is 1. The van der Waals surface area contributed by atoms with Crippen LogP contribution in [0.3, 0.4) is 0 Å². The zero-order valence-corrected chi connectivity index (χ0v) is 15.2. The van der Waals surface area contributed by atoms with Crippen molar-refractivity contribution < 1.29 is 12.8 Å². The summed E-state index contributed by atoms with van der Waals surface area (Å²) in [4.78, 5) is 0.326. The number of rotatable bonds is 9. The lowest BCUT2D eigenvalue weighted by Crippen LogP contribution is -2.30. The van der Waals surface area contributed by atoms with E-state index in [0.29, 0.717) is 29.5 Å². The molecule has 0 atom stereocenters. The minimum Gasteiger partial charge on any atom is -0.465 e. The highest BCUT2D eigenvalue weighted by Gasteiger charge is 2.29. The van der Waals surface area contributed by atoms with Crippen molar-refractivity contribution >= 4 is 21.8 Å². The first-order valence-electron chi connectivity index (χ1n) is 7.11. The molecular formula is C14H26N2O3S2. The van der Waals surface area contributed by atoms with E-state index in [1.54, 1.807) is 25.7 Å². The molecule has 7 heteroatoms. The maximum absolute atomic E-state index is 12.8. The van der Waals surface area contributed by atoms with Gasteiger partial charge in [0.2, 0.25) is 10.0 Å². The van der Waals surface area contributed by atoms with Gasteiger partial charge in [-0.15, -0.1) is 0 Å². The summed E-state index contributed by atoms with van der Waals surface area (Å²) in [6, 6.07) is 0. The second-order valence-corrected chi connectivity index (χ2v) is 7.99. The van der Waals surface area contributed by atoms with Gasteiger partial charge in [0.25, 0.3) is 0 Å². The van der Waals surface area contributed by atoms with Crippen molar-refractivity contribution in [3.63, 3.8) is 0 Å². The first kappa shape index (κ1) is 18.5. The van der Waals surface area contributed by atoms with Gasteiger partial charge in [0, 0.05) is 31.5 Å².